The zero-order valence-electron chi connectivity index (χ0n) is 9.63. The summed E-state index contributed by atoms with van der Waals surface area (Å²) in [4.78, 5) is 11.1. The molecule has 0 N–H and O–H groups in total. The number of carbonyl (C=O) groups excluding carboxylic acids is 1. The summed E-state index contributed by atoms with van der Waals surface area (Å²) in [6.07, 6.45) is 0.0499. The van der Waals surface area contributed by atoms with Gasteiger partial charge in [-0.1, -0.05) is 6.92 Å². The Labute approximate surface area is 109 Å². The quantitative estimate of drug-likeness (QED) is 0.455. The highest BCUT2D eigenvalue weighted by Gasteiger charge is 2.30. The van der Waals surface area contributed by atoms with Gasteiger partial charge in [0.2, 0.25) is 0 Å². The monoisotopic (exact) mass is 300 g/mol. The molecular formula is C11H9F5O2S. The van der Waals surface area contributed by atoms with Gasteiger partial charge in [-0.2, -0.15) is 22.0 Å². The number of rotatable bonds is 5. The summed E-state index contributed by atoms with van der Waals surface area (Å²) in [6.45, 7) is -1.66. The first-order valence-electron chi connectivity index (χ1n) is 5.10. The minimum Gasteiger partial charge on any atom is -0.435 e. The van der Waals surface area contributed by atoms with E-state index in [1.165, 1.54) is 6.92 Å². The van der Waals surface area contributed by atoms with Crippen LogP contribution in [0.4, 0.5) is 22.0 Å². The molecule has 0 saturated carbocycles. The van der Waals surface area contributed by atoms with E-state index >= 15 is 0 Å². The molecule has 0 aliphatic rings. The number of benzene rings is 1. The smallest absolute Gasteiger partial charge is 0.435 e. The van der Waals surface area contributed by atoms with Gasteiger partial charge in [0.25, 0.3) is 0 Å². The molecular weight excluding hydrogens is 291 g/mol. The van der Waals surface area contributed by atoms with Gasteiger partial charge in [0.1, 0.15) is 5.75 Å². The molecule has 0 saturated heterocycles. The molecule has 0 aromatic heterocycles. The van der Waals surface area contributed by atoms with Crippen molar-refractivity contribution >= 4 is 17.5 Å². The van der Waals surface area contributed by atoms with Crippen LogP contribution in [0.3, 0.4) is 0 Å². The summed E-state index contributed by atoms with van der Waals surface area (Å²) in [5, 5.41) is 0. The van der Waals surface area contributed by atoms with E-state index in [0.717, 1.165) is 18.2 Å². The Hall–Kier alpha value is -1.31. The van der Waals surface area contributed by atoms with Crippen molar-refractivity contribution in [3.63, 3.8) is 0 Å². The highest BCUT2D eigenvalue weighted by Crippen LogP contribution is 2.39. The molecule has 1 aromatic rings. The summed E-state index contributed by atoms with van der Waals surface area (Å²) in [7, 11) is 0. The molecule has 0 heterocycles. The normalized spacial score (nSPS) is 11.7. The van der Waals surface area contributed by atoms with Crippen molar-refractivity contribution in [2.45, 2.75) is 30.4 Å². The molecule has 0 fully saturated rings. The van der Waals surface area contributed by atoms with Crippen molar-refractivity contribution < 1.29 is 31.5 Å². The SMILES string of the molecule is CCC(=O)c1cc(OC(F)F)cc(SC(F)(F)F)c1. The summed E-state index contributed by atoms with van der Waals surface area (Å²) in [5.41, 5.74) is -4.66. The van der Waals surface area contributed by atoms with Gasteiger partial charge in [0, 0.05) is 16.9 Å². The van der Waals surface area contributed by atoms with Gasteiger partial charge < -0.3 is 4.74 Å². The Kier molecular flexibility index (Phi) is 5.16. The van der Waals surface area contributed by atoms with Crippen LogP contribution in [0.25, 0.3) is 0 Å². The molecule has 2 nitrogen and oxygen atoms in total. The minimum atomic E-state index is -4.57. The van der Waals surface area contributed by atoms with Gasteiger partial charge in [-0.3, -0.25) is 4.79 Å². The molecule has 0 bridgehead atoms. The van der Waals surface area contributed by atoms with E-state index < -0.39 is 35.4 Å². The Morgan fingerprint density at radius 2 is 1.95 bits per heavy atom. The van der Waals surface area contributed by atoms with Gasteiger partial charge in [-0.15, -0.1) is 0 Å². The number of hydrogen-bond donors (Lipinski definition) is 0. The van der Waals surface area contributed by atoms with Crippen LogP contribution in [-0.2, 0) is 0 Å². The highest BCUT2D eigenvalue weighted by atomic mass is 32.2. The second-order valence-electron chi connectivity index (χ2n) is 3.40. The predicted molar refractivity (Wildman–Crippen MR) is 59.6 cm³/mol. The Bertz CT molecular complexity index is 459. The van der Waals surface area contributed by atoms with Crippen LogP contribution in [0.5, 0.6) is 5.75 Å². The molecule has 0 atom stereocenters. The molecule has 1 rings (SSSR count). The van der Waals surface area contributed by atoms with Crippen LogP contribution in [0.15, 0.2) is 23.1 Å². The maximum Gasteiger partial charge on any atom is 0.446 e. The van der Waals surface area contributed by atoms with Gasteiger partial charge in [0.05, 0.1) is 0 Å². The maximum absolute atomic E-state index is 12.2. The second kappa shape index (κ2) is 6.23. The van der Waals surface area contributed by atoms with Crippen molar-refractivity contribution in [1.29, 1.82) is 0 Å². The fourth-order valence-corrected chi connectivity index (χ4v) is 1.93. The topological polar surface area (TPSA) is 26.3 Å². The van der Waals surface area contributed by atoms with E-state index in [1.807, 2.05) is 0 Å². The minimum absolute atomic E-state index is 0.0499. The summed E-state index contributed by atoms with van der Waals surface area (Å²) < 4.78 is 64.9. The van der Waals surface area contributed by atoms with Gasteiger partial charge in [-0.25, -0.2) is 0 Å². The lowest BCUT2D eigenvalue weighted by atomic mass is 10.1. The molecule has 1 aromatic carbocycles. The lowest BCUT2D eigenvalue weighted by Crippen LogP contribution is -2.05. The number of alkyl halides is 5. The van der Waals surface area contributed by atoms with Crippen molar-refractivity contribution in [2.24, 2.45) is 0 Å². The number of ketones is 1. The number of carbonyl (C=O) groups is 1. The van der Waals surface area contributed by atoms with E-state index in [9.17, 15) is 26.7 Å². The molecule has 19 heavy (non-hydrogen) atoms. The molecule has 0 aliphatic heterocycles. The standard InChI is InChI=1S/C11H9F5O2S/c1-2-9(17)6-3-7(18-10(12)13)5-8(4-6)19-11(14,15)16/h3-5,10H,2H2,1H3. The van der Waals surface area contributed by atoms with Gasteiger partial charge >= 0.3 is 12.1 Å². The van der Waals surface area contributed by atoms with E-state index in [4.69, 9.17) is 0 Å². The third-order valence-corrected chi connectivity index (χ3v) is 2.68. The van der Waals surface area contributed by atoms with E-state index in [1.54, 1.807) is 0 Å². The van der Waals surface area contributed by atoms with Crippen LogP contribution in [0, 0.1) is 0 Å². The highest BCUT2D eigenvalue weighted by molar-refractivity contribution is 8.00. The van der Waals surface area contributed by atoms with Crippen LogP contribution in [-0.4, -0.2) is 17.9 Å². The number of Topliss-reactive ketones (excluding diaryl/α,β-unsaturated/α-hetero) is 1. The lowest BCUT2D eigenvalue weighted by Gasteiger charge is -2.11. The van der Waals surface area contributed by atoms with Crippen molar-refractivity contribution in [3.8, 4) is 5.75 Å². The van der Waals surface area contributed by atoms with E-state index in [0.29, 0.717) is 0 Å². The zero-order valence-corrected chi connectivity index (χ0v) is 10.4. The van der Waals surface area contributed by atoms with Crippen molar-refractivity contribution in [2.75, 3.05) is 0 Å². The second-order valence-corrected chi connectivity index (χ2v) is 4.53. The first kappa shape index (κ1) is 15.7. The third-order valence-electron chi connectivity index (χ3n) is 1.98. The molecule has 8 heteroatoms. The van der Waals surface area contributed by atoms with Gasteiger partial charge in [0.15, 0.2) is 5.78 Å². The number of halogens is 5. The first-order valence-corrected chi connectivity index (χ1v) is 5.91. The van der Waals surface area contributed by atoms with E-state index in [-0.39, 0.29) is 16.9 Å². The fourth-order valence-electron chi connectivity index (χ4n) is 1.30. The van der Waals surface area contributed by atoms with E-state index in [2.05, 4.69) is 4.74 Å². The third kappa shape index (κ3) is 5.46. The van der Waals surface area contributed by atoms with Crippen LogP contribution in [0.1, 0.15) is 23.7 Å². The summed E-state index contributed by atoms with van der Waals surface area (Å²) in [5.74, 6) is -0.926. The predicted octanol–water partition coefficient (Wildman–Crippen LogP) is 4.49. The summed E-state index contributed by atoms with van der Waals surface area (Å²) >= 11 is -0.493. The Morgan fingerprint density at radius 1 is 1.32 bits per heavy atom. The first-order chi connectivity index (χ1) is 8.71. The average molecular weight is 300 g/mol. The number of hydrogen-bond acceptors (Lipinski definition) is 3. The molecule has 0 spiro atoms. The molecule has 0 radical (unpaired) electrons. The van der Waals surface area contributed by atoms with Crippen LogP contribution in [0.2, 0.25) is 0 Å². The Morgan fingerprint density at radius 3 is 2.42 bits per heavy atom. The number of thioether (sulfide) groups is 1. The van der Waals surface area contributed by atoms with Crippen molar-refractivity contribution in [3.05, 3.63) is 23.8 Å². The molecule has 0 aliphatic carbocycles. The van der Waals surface area contributed by atoms with Crippen LogP contribution < -0.4 is 4.74 Å². The van der Waals surface area contributed by atoms with Gasteiger partial charge in [-0.05, 0) is 30.0 Å². The zero-order chi connectivity index (χ0) is 14.6. The largest absolute Gasteiger partial charge is 0.446 e. The molecule has 0 unspecified atom stereocenters. The molecule has 106 valence electrons. The fraction of sp³-hybridized carbons (Fsp3) is 0.364. The molecule has 0 amide bonds. The summed E-state index contributed by atoms with van der Waals surface area (Å²) in [6, 6.07) is 2.82. The lowest BCUT2D eigenvalue weighted by molar-refractivity contribution is -0.0500. The maximum atomic E-state index is 12.2. The van der Waals surface area contributed by atoms with Crippen molar-refractivity contribution in [1.82, 2.24) is 0 Å². The Balaban J connectivity index is 3.12. The van der Waals surface area contributed by atoms with Crippen LogP contribution >= 0.6 is 11.8 Å². The average Bonchev–Trinajstić information content (AvgIpc) is 2.24. The number of ether oxygens (including phenoxy) is 1.